The molecule has 0 aromatic heterocycles. The minimum atomic E-state index is -4.41. The van der Waals surface area contributed by atoms with Crippen molar-refractivity contribution in [2.75, 3.05) is 10.0 Å². The van der Waals surface area contributed by atoms with Gasteiger partial charge >= 0.3 is 0 Å². The number of sulfonamides is 1. The van der Waals surface area contributed by atoms with Gasteiger partial charge in [0.05, 0.1) is 0 Å². The number of hydrogen-bond donors (Lipinski definition) is 2. The quantitative estimate of drug-likeness (QED) is 0.815. The van der Waals surface area contributed by atoms with E-state index in [1.807, 2.05) is 13.8 Å². The molecule has 25 heavy (non-hydrogen) atoms. The van der Waals surface area contributed by atoms with Crippen LogP contribution in [0.5, 0.6) is 0 Å². The molecule has 2 rings (SSSR count). The molecule has 8 heteroatoms. The first-order chi connectivity index (χ1) is 11.7. The van der Waals surface area contributed by atoms with Gasteiger partial charge in [-0.05, 0) is 42.3 Å². The van der Waals surface area contributed by atoms with E-state index < -0.39 is 26.6 Å². The maximum atomic E-state index is 13.7. The SMILES string of the molecule is CC(C)CC(=O)Nc1ccc(NS(=O)(=O)c2c(F)cccc2F)cc1. The van der Waals surface area contributed by atoms with Crippen LogP contribution in [0.1, 0.15) is 20.3 Å². The minimum absolute atomic E-state index is 0.115. The molecule has 134 valence electrons. The Bertz CT molecular complexity index is 846. The lowest BCUT2D eigenvalue weighted by Gasteiger charge is -2.11. The molecule has 0 spiro atoms. The van der Waals surface area contributed by atoms with Crippen LogP contribution in [-0.4, -0.2) is 14.3 Å². The number of rotatable bonds is 6. The zero-order valence-corrected chi connectivity index (χ0v) is 14.5. The van der Waals surface area contributed by atoms with Gasteiger partial charge in [0, 0.05) is 17.8 Å². The van der Waals surface area contributed by atoms with Crippen molar-refractivity contribution in [1.29, 1.82) is 0 Å². The van der Waals surface area contributed by atoms with Crippen molar-refractivity contribution in [3.8, 4) is 0 Å². The Hall–Kier alpha value is -2.48. The molecule has 0 unspecified atom stereocenters. The number of carbonyl (C=O) groups is 1. The number of benzene rings is 2. The highest BCUT2D eigenvalue weighted by atomic mass is 32.2. The average molecular weight is 368 g/mol. The third-order valence-electron chi connectivity index (χ3n) is 3.20. The normalized spacial score (nSPS) is 11.4. The second-order valence-corrected chi connectivity index (χ2v) is 7.50. The van der Waals surface area contributed by atoms with Crippen LogP contribution in [0.2, 0.25) is 0 Å². The van der Waals surface area contributed by atoms with Crippen molar-refractivity contribution >= 4 is 27.3 Å². The van der Waals surface area contributed by atoms with Crippen molar-refractivity contribution in [1.82, 2.24) is 0 Å². The molecule has 2 aromatic rings. The van der Waals surface area contributed by atoms with Crippen LogP contribution < -0.4 is 10.0 Å². The zero-order valence-electron chi connectivity index (χ0n) is 13.7. The molecule has 2 aromatic carbocycles. The van der Waals surface area contributed by atoms with E-state index in [-0.39, 0.29) is 17.5 Å². The smallest absolute Gasteiger partial charge is 0.267 e. The first-order valence-corrected chi connectivity index (χ1v) is 9.04. The first kappa shape index (κ1) is 18.9. The average Bonchev–Trinajstić information content (AvgIpc) is 2.47. The second kappa shape index (κ2) is 7.60. The largest absolute Gasteiger partial charge is 0.326 e. The minimum Gasteiger partial charge on any atom is -0.326 e. The molecule has 0 radical (unpaired) electrons. The van der Waals surface area contributed by atoms with Crippen LogP contribution in [-0.2, 0) is 14.8 Å². The van der Waals surface area contributed by atoms with E-state index in [1.54, 1.807) is 0 Å². The van der Waals surface area contributed by atoms with Gasteiger partial charge in [-0.2, -0.15) is 0 Å². The molecule has 0 aliphatic rings. The number of amides is 1. The molecule has 0 bridgehead atoms. The maximum absolute atomic E-state index is 13.7. The Balaban J connectivity index is 2.14. The summed E-state index contributed by atoms with van der Waals surface area (Å²) in [6.45, 7) is 3.83. The van der Waals surface area contributed by atoms with Crippen LogP contribution in [0.4, 0.5) is 20.2 Å². The van der Waals surface area contributed by atoms with E-state index in [0.717, 1.165) is 18.2 Å². The van der Waals surface area contributed by atoms with Crippen LogP contribution in [0, 0.1) is 17.6 Å². The Morgan fingerprint density at radius 1 is 1.00 bits per heavy atom. The molecule has 5 nitrogen and oxygen atoms in total. The summed E-state index contributed by atoms with van der Waals surface area (Å²) in [7, 11) is -4.41. The monoisotopic (exact) mass is 368 g/mol. The lowest BCUT2D eigenvalue weighted by Crippen LogP contribution is -2.16. The van der Waals surface area contributed by atoms with E-state index in [0.29, 0.717) is 12.1 Å². The summed E-state index contributed by atoms with van der Waals surface area (Å²) in [6, 6.07) is 8.58. The van der Waals surface area contributed by atoms with Crippen LogP contribution in [0.25, 0.3) is 0 Å². The van der Waals surface area contributed by atoms with Gasteiger partial charge in [-0.25, -0.2) is 17.2 Å². The zero-order chi connectivity index (χ0) is 18.6. The highest BCUT2D eigenvalue weighted by molar-refractivity contribution is 7.92. The molecular formula is C17H18F2N2O3S. The lowest BCUT2D eigenvalue weighted by molar-refractivity contribution is -0.116. The van der Waals surface area contributed by atoms with E-state index in [1.165, 1.54) is 24.3 Å². The van der Waals surface area contributed by atoms with E-state index in [4.69, 9.17) is 0 Å². The number of nitrogens with one attached hydrogen (secondary N) is 2. The molecule has 0 aliphatic carbocycles. The van der Waals surface area contributed by atoms with Gasteiger partial charge in [-0.3, -0.25) is 9.52 Å². The predicted octanol–water partition coefficient (Wildman–Crippen LogP) is 3.75. The molecule has 0 heterocycles. The number of halogens is 2. The first-order valence-electron chi connectivity index (χ1n) is 7.56. The lowest BCUT2D eigenvalue weighted by atomic mass is 10.1. The fourth-order valence-electron chi connectivity index (χ4n) is 2.15. The van der Waals surface area contributed by atoms with Gasteiger partial charge < -0.3 is 5.32 Å². The van der Waals surface area contributed by atoms with Gasteiger partial charge in [-0.15, -0.1) is 0 Å². The third-order valence-corrected chi connectivity index (χ3v) is 4.63. The summed E-state index contributed by atoms with van der Waals surface area (Å²) in [5.41, 5.74) is 0.607. The molecule has 0 fully saturated rings. The van der Waals surface area contributed by atoms with E-state index >= 15 is 0 Å². The van der Waals surface area contributed by atoms with Crippen LogP contribution in [0.15, 0.2) is 47.4 Å². The van der Waals surface area contributed by atoms with Crippen molar-refractivity contribution in [2.24, 2.45) is 5.92 Å². The number of carbonyl (C=O) groups excluding carboxylic acids is 1. The van der Waals surface area contributed by atoms with Gasteiger partial charge in [0.2, 0.25) is 5.91 Å². The summed E-state index contributed by atoms with van der Waals surface area (Å²) < 4.78 is 53.7. The number of hydrogen-bond acceptors (Lipinski definition) is 3. The van der Waals surface area contributed by atoms with Gasteiger partial charge in [-0.1, -0.05) is 19.9 Å². The van der Waals surface area contributed by atoms with Gasteiger partial charge in [0.15, 0.2) is 4.90 Å². The molecule has 2 N–H and O–H groups in total. The summed E-state index contributed by atoms with van der Waals surface area (Å²) in [6.07, 6.45) is 0.362. The van der Waals surface area contributed by atoms with Crippen molar-refractivity contribution in [2.45, 2.75) is 25.2 Å². The Morgan fingerprint density at radius 3 is 2.04 bits per heavy atom. The molecule has 0 aliphatic heterocycles. The summed E-state index contributed by atoms with van der Waals surface area (Å²) in [4.78, 5) is 10.7. The van der Waals surface area contributed by atoms with Crippen LogP contribution in [0.3, 0.4) is 0 Å². The topological polar surface area (TPSA) is 75.3 Å². The third kappa shape index (κ3) is 4.99. The fourth-order valence-corrected chi connectivity index (χ4v) is 3.35. The summed E-state index contributed by atoms with van der Waals surface area (Å²) >= 11 is 0. The summed E-state index contributed by atoms with van der Waals surface area (Å²) in [5, 5.41) is 2.68. The van der Waals surface area contributed by atoms with Crippen molar-refractivity contribution in [3.63, 3.8) is 0 Å². The van der Waals surface area contributed by atoms with Crippen LogP contribution >= 0.6 is 0 Å². The highest BCUT2D eigenvalue weighted by Gasteiger charge is 2.23. The Kier molecular flexibility index (Phi) is 5.73. The molecule has 0 saturated heterocycles. The Morgan fingerprint density at radius 2 is 1.52 bits per heavy atom. The molecule has 0 saturated carbocycles. The van der Waals surface area contributed by atoms with Crippen molar-refractivity contribution in [3.05, 3.63) is 54.1 Å². The van der Waals surface area contributed by atoms with E-state index in [2.05, 4.69) is 10.0 Å². The van der Waals surface area contributed by atoms with Crippen molar-refractivity contribution < 1.29 is 22.0 Å². The maximum Gasteiger partial charge on any atom is 0.267 e. The predicted molar refractivity (Wildman–Crippen MR) is 91.7 cm³/mol. The highest BCUT2D eigenvalue weighted by Crippen LogP contribution is 2.22. The fraction of sp³-hybridized carbons (Fsp3) is 0.235. The second-order valence-electron chi connectivity index (χ2n) is 5.88. The molecule has 1 amide bonds. The number of anilines is 2. The Labute approximate surface area is 145 Å². The summed E-state index contributed by atoms with van der Waals surface area (Å²) in [5.74, 6) is -2.30. The molecular weight excluding hydrogens is 350 g/mol. The molecule has 0 atom stereocenters. The van der Waals surface area contributed by atoms with Gasteiger partial charge in [0.25, 0.3) is 10.0 Å². The standard InChI is InChI=1S/C17H18F2N2O3S/c1-11(2)10-16(22)20-12-6-8-13(9-7-12)21-25(23,24)17-14(18)4-3-5-15(17)19/h3-9,11,21H,10H2,1-2H3,(H,20,22). The van der Waals surface area contributed by atoms with E-state index in [9.17, 15) is 22.0 Å². The van der Waals surface area contributed by atoms with Gasteiger partial charge in [0.1, 0.15) is 11.6 Å².